The first-order chi connectivity index (χ1) is 14.7. The van der Waals surface area contributed by atoms with Crippen molar-refractivity contribution in [3.63, 3.8) is 0 Å². The first-order valence-corrected chi connectivity index (χ1v) is 9.91. The Kier molecular flexibility index (Phi) is 4.35. The molecule has 0 saturated carbocycles. The Morgan fingerprint density at radius 3 is 2.80 bits per heavy atom. The lowest BCUT2D eigenvalue weighted by Gasteiger charge is -2.09. The third kappa shape index (κ3) is 3.23. The zero-order valence-electron chi connectivity index (χ0n) is 15.5. The number of anilines is 3. The average Bonchev–Trinajstić information content (AvgIpc) is 3.41. The molecule has 0 bridgehead atoms. The lowest BCUT2D eigenvalue weighted by atomic mass is 10.1. The molecule has 30 heavy (non-hydrogen) atoms. The van der Waals surface area contributed by atoms with Gasteiger partial charge in [0.1, 0.15) is 10.9 Å². The van der Waals surface area contributed by atoms with E-state index in [1.807, 2.05) is 30.5 Å². The largest absolute Gasteiger partial charge is 0.361 e. The number of aromatic amines is 1. The van der Waals surface area contributed by atoms with Crippen molar-refractivity contribution in [2.24, 2.45) is 0 Å². The molecule has 0 aliphatic heterocycles. The summed E-state index contributed by atoms with van der Waals surface area (Å²) in [5, 5.41) is 17.6. The minimum absolute atomic E-state index is 0.234. The second-order valence-corrected chi connectivity index (χ2v) is 7.61. The molecule has 7 nitrogen and oxygen atoms in total. The highest BCUT2D eigenvalue weighted by Crippen LogP contribution is 2.34. The van der Waals surface area contributed by atoms with Gasteiger partial charge in [0.05, 0.1) is 16.1 Å². The Morgan fingerprint density at radius 2 is 1.97 bits per heavy atom. The third-order valence-corrected chi connectivity index (χ3v) is 5.71. The fourth-order valence-electron chi connectivity index (χ4n) is 3.22. The highest BCUT2D eigenvalue weighted by molar-refractivity contribution is 7.20. The summed E-state index contributed by atoms with van der Waals surface area (Å²) in [7, 11) is 0. The Labute approximate surface area is 175 Å². The minimum Gasteiger partial charge on any atom is -0.361 e. The number of benzene rings is 1. The first kappa shape index (κ1) is 17.8. The van der Waals surface area contributed by atoms with Gasteiger partial charge in [0.15, 0.2) is 0 Å². The predicted octanol–water partition coefficient (Wildman–Crippen LogP) is 5.04. The smallest absolute Gasteiger partial charge is 0.265 e. The van der Waals surface area contributed by atoms with Crippen LogP contribution in [0.3, 0.4) is 0 Å². The van der Waals surface area contributed by atoms with Crippen molar-refractivity contribution in [1.82, 2.24) is 15.0 Å². The summed E-state index contributed by atoms with van der Waals surface area (Å²) in [6, 6.07) is 15.3. The SMILES string of the molecule is N#Cc1cnc2sc(C(=O)Nc3ccncc3)cc2c1Nc1ccc2[nH]ccc2c1. The van der Waals surface area contributed by atoms with Gasteiger partial charge in [-0.3, -0.25) is 9.78 Å². The number of nitrogens with one attached hydrogen (secondary N) is 3. The molecule has 4 aromatic heterocycles. The lowest BCUT2D eigenvalue weighted by Crippen LogP contribution is -2.09. The summed E-state index contributed by atoms with van der Waals surface area (Å²) in [5.41, 5.74) is 3.59. The van der Waals surface area contributed by atoms with E-state index in [9.17, 15) is 10.1 Å². The summed E-state index contributed by atoms with van der Waals surface area (Å²) in [5.74, 6) is -0.234. The van der Waals surface area contributed by atoms with Gasteiger partial charge in [-0.15, -0.1) is 11.3 Å². The molecular formula is C22H14N6OS. The van der Waals surface area contributed by atoms with E-state index in [1.54, 1.807) is 30.6 Å². The number of amides is 1. The number of carbonyl (C=O) groups is 1. The fraction of sp³-hybridized carbons (Fsp3) is 0. The van der Waals surface area contributed by atoms with Gasteiger partial charge >= 0.3 is 0 Å². The molecule has 0 aliphatic rings. The molecule has 0 saturated heterocycles. The molecule has 0 fully saturated rings. The van der Waals surface area contributed by atoms with Crippen LogP contribution in [0, 0.1) is 11.3 Å². The van der Waals surface area contributed by atoms with Crippen LogP contribution in [-0.4, -0.2) is 20.9 Å². The number of fused-ring (bicyclic) bond motifs is 2. The molecule has 0 atom stereocenters. The topological polar surface area (TPSA) is 106 Å². The van der Waals surface area contributed by atoms with E-state index in [4.69, 9.17) is 0 Å². The van der Waals surface area contributed by atoms with E-state index < -0.39 is 0 Å². The zero-order chi connectivity index (χ0) is 20.5. The molecule has 0 aliphatic carbocycles. The van der Waals surface area contributed by atoms with Crippen molar-refractivity contribution in [2.75, 3.05) is 10.6 Å². The number of hydrogen-bond acceptors (Lipinski definition) is 6. The summed E-state index contributed by atoms with van der Waals surface area (Å²) < 4.78 is 0. The number of hydrogen-bond donors (Lipinski definition) is 3. The van der Waals surface area contributed by atoms with Crippen LogP contribution in [0.15, 0.2) is 67.3 Å². The van der Waals surface area contributed by atoms with Crippen LogP contribution < -0.4 is 10.6 Å². The number of nitriles is 1. The summed E-state index contributed by atoms with van der Waals surface area (Å²) in [4.78, 5) is 25.3. The van der Waals surface area contributed by atoms with Gasteiger partial charge in [0.2, 0.25) is 0 Å². The summed E-state index contributed by atoms with van der Waals surface area (Å²) in [6.07, 6.45) is 6.64. The van der Waals surface area contributed by atoms with Gasteiger partial charge in [-0.1, -0.05) is 0 Å². The number of thiophene rings is 1. The van der Waals surface area contributed by atoms with Crippen LogP contribution >= 0.6 is 11.3 Å². The van der Waals surface area contributed by atoms with E-state index in [0.717, 1.165) is 22.0 Å². The third-order valence-electron chi connectivity index (χ3n) is 4.67. The van der Waals surface area contributed by atoms with E-state index in [0.29, 0.717) is 26.6 Å². The number of carbonyl (C=O) groups excluding carboxylic acids is 1. The first-order valence-electron chi connectivity index (χ1n) is 9.09. The Morgan fingerprint density at radius 1 is 1.10 bits per heavy atom. The number of nitrogens with zero attached hydrogens (tertiary/aromatic N) is 3. The van der Waals surface area contributed by atoms with Crippen molar-refractivity contribution in [3.05, 3.63) is 77.7 Å². The van der Waals surface area contributed by atoms with Crippen LogP contribution in [-0.2, 0) is 0 Å². The lowest BCUT2D eigenvalue weighted by molar-refractivity contribution is 0.103. The van der Waals surface area contributed by atoms with E-state index in [-0.39, 0.29) is 5.91 Å². The Balaban J connectivity index is 1.53. The molecule has 4 heterocycles. The molecule has 8 heteroatoms. The van der Waals surface area contributed by atoms with Gasteiger partial charge in [-0.2, -0.15) is 5.26 Å². The van der Waals surface area contributed by atoms with Crippen LogP contribution in [0.1, 0.15) is 15.2 Å². The maximum Gasteiger partial charge on any atom is 0.265 e. The second-order valence-electron chi connectivity index (χ2n) is 6.58. The second kappa shape index (κ2) is 7.31. The van der Waals surface area contributed by atoms with Crippen molar-refractivity contribution in [3.8, 4) is 6.07 Å². The van der Waals surface area contributed by atoms with Gasteiger partial charge in [0, 0.05) is 52.5 Å². The molecule has 0 unspecified atom stereocenters. The van der Waals surface area contributed by atoms with Gasteiger partial charge in [0.25, 0.3) is 5.91 Å². The maximum atomic E-state index is 12.7. The number of H-pyrrole nitrogens is 1. The maximum absolute atomic E-state index is 12.7. The molecule has 144 valence electrons. The highest BCUT2D eigenvalue weighted by atomic mass is 32.1. The van der Waals surface area contributed by atoms with E-state index >= 15 is 0 Å². The van der Waals surface area contributed by atoms with Crippen LogP contribution in [0.25, 0.3) is 21.1 Å². The minimum atomic E-state index is -0.234. The monoisotopic (exact) mass is 410 g/mol. The van der Waals surface area contributed by atoms with E-state index in [1.165, 1.54) is 17.5 Å². The molecule has 5 aromatic rings. The van der Waals surface area contributed by atoms with Gasteiger partial charge in [-0.05, 0) is 42.5 Å². The van der Waals surface area contributed by atoms with Gasteiger partial charge in [-0.25, -0.2) is 4.98 Å². The quantitative estimate of drug-likeness (QED) is 0.385. The predicted molar refractivity (Wildman–Crippen MR) is 118 cm³/mol. The molecule has 3 N–H and O–H groups in total. The van der Waals surface area contributed by atoms with Crippen molar-refractivity contribution >= 4 is 55.4 Å². The fourth-order valence-corrected chi connectivity index (χ4v) is 4.13. The number of rotatable bonds is 4. The van der Waals surface area contributed by atoms with Crippen molar-refractivity contribution in [1.29, 1.82) is 5.26 Å². The molecular weight excluding hydrogens is 396 g/mol. The van der Waals surface area contributed by atoms with Crippen LogP contribution in [0.4, 0.5) is 17.1 Å². The van der Waals surface area contributed by atoms with Gasteiger partial charge < -0.3 is 15.6 Å². The molecule has 0 radical (unpaired) electrons. The van der Waals surface area contributed by atoms with Crippen molar-refractivity contribution < 1.29 is 4.79 Å². The highest BCUT2D eigenvalue weighted by Gasteiger charge is 2.17. The van der Waals surface area contributed by atoms with Crippen molar-refractivity contribution in [2.45, 2.75) is 0 Å². The summed E-state index contributed by atoms with van der Waals surface area (Å²) in [6.45, 7) is 0. The number of aromatic nitrogens is 3. The molecule has 5 rings (SSSR count). The standard InChI is InChI=1S/C22H14N6OS/c23-11-14-12-26-22-17(10-19(30-22)21(29)28-15-4-6-24-7-5-15)20(14)27-16-1-2-18-13(9-16)3-8-25-18/h1-10,12,25H,(H,26,27)(H,24,28,29). The van der Waals surface area contributed by atoms with Crippen LogP contribution in [0.5, 0.6) is 0 Å². The molecule has 1 amide bonds. The Hall–Kier alpha value is -4.22. The molecule has 1 aromatic carbocycles. The zero-order valence-corrected chi connectivity index (χ0v) is 16.3. The molecule has 0 spiro atoms. The number of pyridine rings is 2. The average molecular weight is 410 g/mol. The summed E-state index contributed by atoms with van der Waals surface area (Å²) >= 11 is 1.28. The Bertz CT molecular complexity index is 1430. The van der Waals surface area contributed by atoms with Crippen LogP contribution in [0.2, 0.25) is 0 Å². The van der Waals surface area contributed by atoms with E-state index in [2.05, 4.69) is 31.7 Å². The normalized spacial score (nSPS) is 10.8.